The fourth-order valence-electron chi connectivity index (χ4n) is 11.8. The quantitative estimate of drug-likeness (QED) is 0.0222. The summed E-state index contributed by atoms with van der Waals surface area (Å²) in [6.45, 7) is 7.30. The van der Waals surface area contributed by atoms with Crippen molar-refractivity contribution in [2.45, 2.75) is 425 Å². The van der Waals surface area contributed by atoms with E-state index in [1.54, 1.807) is 0 Å². The zero-order valence-electron chi connectivity index (χ0n) is 62.5. The van der Waals surface area contributed by atoms with Crippen LogP contribution in [0.5, 0.6) is 0 Å². The van der Waals surface area contributed by atoms with Crippen LogP contribution in [0, 0.1) is 5.92 Å². The highest BCUT2D eigenvalue weighted by molar-refractivity contribution is 7.47. The Balaban J connectivity index is 5.17. The van der Waals surface area contributed by atoms with Crippen LogP contribution in [0.4, 0.5) is 0 Å². The molecule has 0 rings (SSSR count). The van der Waals surface area contributed by atoms with Gasteiger partial charge in [0.25, 0.3) is 0 Å². The van der Waals surface area contributed by atoms with Gasteiger partial charge in [-0.3, -0.25) is 37.3 Å². The van der Waals surface area contributed by atoms with Gasteiger partial charge < -0.3 is 33.8 Å². The van der Waals surface area contributed by atoms with Gasteiger partial charge in [-0.15, -0.1) is 0 Å². The average molecular weight is 1410 g/mol. The summed E-state index contributed by atoms with van der Waals surface area (Å²) in [7, 11) is -9.91. The zero-order valence-corrected chi connectivity index (χ0v) is 64.3. The lowest BCUT2D eigenvalue weighted by Gasteiger charge is -2.21. The van der Waals surface area contributed by atoms with Crippen molar-refractivity contribution in [1.82, 2.24) is 0 Å². The van der Waals surface area contributed by atoms with Crippen LogP contribution < -0.4 is 0 Å². The number of rotatable bonds is 77. The summed E-state index contributed by atoms with van der Waals surface area (Å²) in [5.41, 5.74) is 0. The van der Waals surface area contributed by atoms with Crippen LogP contribution in [-0.4, -0.2) is 96.7 Å². The van der Waals surface area contributed by atoms with Gasteiger partial charge >= 0.3 is 39.5 Å². The number of esters is 4. The number of carbonyl (C=O) groups is 4. The Morgan fingerprint density at radius 2 is 0.500 bits per heavy atom. The Kier molecular flexibility index (Phi) is 68.7. The van der Waals surface area contributed by atoms with Crippen LogP contribution in [0.1, 0.15) is 407 Å². The Labute approximate surface area is 588 Å². The third-order valence-electron chi connectivity index (χ3n) is 18.4. The zero-order chi connectivity index (χ0) is 70.5. The van der Waals surface area contributed by atoms with Gasteiger partial charge in [0.1, 0.15) is 19.3 Å². The van der Waals surface area contributed by atoms with Crippen LogP contribution in [-0.2, 0) is 65.4 Å². The summed E-state index contributed by atoms with van der Waals surface area (Å²) in [6.07, 6.45) is 59.7. The van der Waals surface area contributed by atoms with E-state index in [-0.39, 0.29) is 25.7 Å². The molecule has 0 aromatic carbocycles. The predicted octanol–water partition coefficient (Wildman–Crippen LogP) is 22.9. The molecule has 0 saturated carbocycles. The Morgan fingerprint density at radius 3 is 0.740 bits per heavy atom. The van der Waals surface area contributed by atoms with E-state index in [9.17, 15) is 43.2 Å². The number of carbonyl (C=O) groups excluding carboxylic acids is 4. The van der Waals surface area contributed by atoms with E-state index >= 15 is 0 Å². The first-order chi connectivity index (χ1) is 46.6. The van der Waals surface area contributed by atoms with E-state index in [0.717, 1.165) is 95.8 Å². The van der Waals surface area contributed by atoms with E-state index in [2.05, 4.69) is 34.6 Å². The van der Waals surface area contributed by atoms with Gasteiger partial charge in [-0.05, 0) is 31.6 Å². The molecule has 0 spiro atoms. The van der Waals surface area contributed by atoms with Gasteiger partial charge in [-0.1, -0.05) is 356 Å². The molecule has 17 nitrogen and oxygen atoms in total. The van der Waals surface area contributed by atoms with Crippen molar-refractivity contribution in [2.24, 2.45) is 5.92 Å². The number of aliphatic hydroxyl groups is 1. The molecule has 0 radical (unpaired) electrons. The third-order valence-corrected chi connectivity index (χ3v) is 20.3. The molecule has 96 heavy (non-hydrogen) atoms. The molecule has 0 fully saturated rings. The largest absolute Gasteiger partial charge is 0.472 e. The SMILES string of the molecule is CCCCCCCCCCCCCCCCCCCCCCCCC(=O)O[C@H](COC(=O)CCCCCCCCCCCCC(C)CC)COP(=O)(O)OC[C@@H](O)COP(=O)(O)OC[C@@H](COC(=O)CCCCCCCCCCCC)OC(=O)CCCCCCCCCCCC. The molecule has 3 unspecified atom stereocenters. The number of hydrogen-bond acceptors (Lipinski definition) is 15. The Hall–Kier alpha value is -1.94. The van der Waals surface area contributed by atoms with E-state index in [1.807, 2.05) is 0 Å². The summed E-state index contributed by atoms with van der Waals surface area (Å²) in [5, 5.41) is 10.6. The van der Waals surface area contributed by atoms with Gasteiger partial charge in [0.05, 0.1) is 26.4 Å². The first-order valence-electron chi connectivity index (χ1n) is 40.2. The number of hydrogen-bond donors (Lipinski definition) is 3. The highest BCUT2D eigenvalue weighted by Crippen LogP contribution is 2.45. The third kappa shape index (κ3) is 69.2. The number of unbranched alkanes of at least 4 members (excludes halogenated alkanes) is 48. The van der Waals surface area contributed by atoms with Crippen molar-refractivity contribution in [3.63, 3.8) is 0 Å². The van der Waals surface area contributed by atoms with Gasteiger partial charge in [0, 0.05) is 25.7 Å². The van der Waals surface area contributed by atoms with Crippen LogP contribution in [0.15, 0.2) is 0 Å². The topological polar surface area (TPSA) is 237 Å². The van der Waals surface area contributed by atoms with E-state index in [4.69, 9.17) is 37.0 Å². The van der Waals surface area contributed by atoms with Crippen molar-refractivity contribution in [3.05, 3.63) is 0 Å². The summed E-state index contributed by atoms with van der Waals surface area (Å²) in [6, 6.07) is 0. The predicted molar refractivity (Wildman–Crippen MR) is 391 cm³/mol. The minimum Gasteiger partial charge on any atom is -0.462 e. The first kappa shape index (κ1) is 94.1. The summed E-state index contributed by atoms with van der Waals surface area (Å²) in [5.74, 6) is -1.30. The van der Waals surface area contributed by atoms with Crippen molar-refractivity contribution in [1.29, 1.82) is 0 Å². The normalized spacial score (nSPS) is 14.2. The van der Waals surface area contributed by atoms with E-state index in [0.29, 0.717) is 25.7 Å². The molecule has 3 N–H and O–H groups in total. The number of phosphoric acid groups is 2. The standard InChI is InChI=1S/C77H150O17P2/c1-6-10-13-16-19-22-25-26-27-28-29-30-31-32-33-34-35-36-43-48-53-58-63-77(82)94-73(67-88-75(80)61-56-51-46-42-38-37-39-44-49-54-59-70(5)9-4)69-92-96(85,86)90-65-71(78)64-89-95(83,84)91-68-72(93-76(81)62-57-52-47-41-24-21-18-15-12-8-3)66-87-74(79)60-55-50-45-40-23-20-17-14-11-7-2/h70-73,78H,6-69H2,1-5H3,(H,83,84)(H,85,86)/t70?,71-,72+,73+/m0/s1. The average Bonchev–Trinajstić information content (AvgIpc) is 1.65. The van der Waals surface area contributed by atoms with Gasteiger partial charge in [-0.2, -0.15) is 0 Å². The summed E-state index contributed by atoms with van der Waals surface area (Å²) >= 11 is 0. The molecule has 0 heterocycles. The van der Waals surface area contributed by atoms with Crippen molar-refractivity contribution in [2.75, 3.05) is 39.6 Å². The molecule has 0 aromatic heterocycles. The van der Waals surface area contributed by atoms with Gasteiger partial charge in [0.2, 0.25) is 0 Å². The minimum atomic E-state index is -4.96. The van der Waals surface area contributed by atoms with Crippen molar-refractivity contribution < 1.29 is 80.2 Å². The molecule has 570 valence electrons. The molecule has 6 atom stereocenters. The van der Waals surface area contributed by atoms with Crippen molar-refractivity contribution in [3.8, 4) is 0 Å². The molecular weight excluding hydrogens is 1260 g/mol. The maximum absolute atomic E-state index is 13.1. The highest BCUT2D eigenvalue weighted by atomic mass is 31.2. The highest BCUT2D eigenvalue weighted by Gasteiger charge is 2.30. The van der Waals surface area contributed by atoms with Crippen LogP contribution >= 0.6 is 15.6 Å². The van der Waals surface area contributed by atoms with Crippen LogP contribution in [0.25, 0.3) is 0 Å². The second-order valence-electron chi connectivity index (χ2n) is 28.0. The monoisotopic (exact) mass is 1410 g/mol. The lowest BCUT2D eigenvalue weighted by Crippen LogP contribution is -2.30. The second-order valence-corrected chi connectivity index (χ2v) is 30.9. The first-order valence-corrected chi connectivity index (χ1v) is 43.2. The number of phosphoric ester groups is 2. The molecule has 0 aliphatic rings. The number of ether oxygens (including phenoxy) is 4. The smallest absolute Gasteiger partial charge is 0.462 e. The summed E-state index contributed by atoms with van der Waals surface area (Å²) in [4.78, 5) is 72.7. The molecular formula is C77H150O17P2. The minimum absolute atomic E-state index is 0.107. The molecule has 0 aliphatic heterocycles. The van der Waals surface area contributed by atoms with E-state index < -0.39 is 97.5 Å². The maximum Gasteiger partial charge on any atom is 0.472 e. The Bertz CT molecular complexity index is 1840. The Morgan fingerprint density at radius 1 is 0.292 bits per heavy atom. The molecule has 19 heteroatoms. The molecule has 0 aliphatic carbocycles. The van der Waals surface area contributed by atoms with Crippen molar-refractivity contribution >= 4 is 39.5 Å². The molecule has 0 amide bonds. The van der Waals surface area contributed by atoms with E-state index in [1.165, 1.54) is 231 Å². The lowest BCUT2D eigenvalue weighted by atomic mass is 9.99. The molecule has 0 aromatic rings. The molecule has 0 bridgehead atoms. The van der Waals surface area contributed by atoms with Crippen LogP contribution in [0.2, 0.25) is 0 Å². The van der Waals surface area contributed by atoms with Gasteiger partial charge in [0.15, 0.2) is 12.2 Å². The second kappa shape index (κ2) is 70.1. The number of aliphatic hydroxyl groups excluding tert-OH is 1. The fourth-order valence-corrected chi connectivity index (χ4v) is 13.4. The lowest BCUT2D eigenvalue weighted by molar-refractivity contribution is -0.161. The fraction of sp³-hybridized carbons (Fsp3) is 0.948. The molecule has 0 saturated heterocycles. The maximum atomic E-state index is 13.1. The van der Waals surface area contributed by atoms with Gasteiger partial charge in [-0.25, -0.2) is 9.13 Å². The summed E-state index contributed by atoms with van der Waals surface area (Å²) < 4.78 is 68.5. The van der Waals surface area contributed by atoms with Crippen LogP contribution in [0.3, 0.4) is 0 Å².